The van der Waals surface area contributed by atoms with Crippen LogP contribution in [0.25, 0.3) is 10.8 Å². The minimum absolute atomic E-state index is 0.0881. The monoisotopic (exact) mass is 444 g/mol. The molecule has 0 radical (unpaired) electrons. The number of nitrogens with one attached hydrogen (secondary N) is 1. The number of benzene rings is 3. The average molecular weight is 445 g/mol. The molecule has 0 spiro atoms. The van der Waals surface area contributed by atoms with E-state index in [9.17, 15) is 9.59 Å². The summed E-state index contributed by atoms with van der Waals surface area (Å²) < 4.78 is 5.83. The van der Waals surface area contributed by atoms with Crippen molar-refractivity contribution >= 4 is 45.8 Å². The maximum absolute atomic E-state index is 13.1. The predicted molar refractivity (Wildman–Crippen MR) is 120 cm³/mol. The van der Waals surface area contributed by atoms with Gasteiger partial charge in [-0.1, -0.05) is 65.7 Å². The van der Waals surface area contributed by atoms with E-state index in [0.29, 0.717) is 21.4 Å². The highest BCUT2D eigenvalue weighted by Gasteiger charge is 2.27. The Balaban J connectivity index is 1.83. The standard InChI is InChI=1S/C23H22Cl2N2O3/c1-15(23(29)26-2)27(13-18-19(24)10-6-11-20(18)25)22(28)14-30-21-12-5-8-16-7-3-4-9-17(16)21/h3-12,15H,13-14H2,1-2H3,(H,26,29). The van der Waals surface area contributed by atoms with Gasteiger partial charge in [0.2, 0.25) is 5.91 Å². The van der Waals surface area contributed by atoms with Crippen molar-refractivity contribution in [2.75, 3.05) is 13.7 Å². The normalized spacial score (nSPS) is 11.7. The number of halogens is 2. The molecule has 7 heteroatoms. The Kier molecular flexibility index (Phi) is 7.19. The highest BCUT2D eigenvalue weighted by molar-refractivity contribution is 6.36. The third-order valence-corrected chi connectivity index (χ3v) is 5.61. The van der Waals surface area contributed by atoms with Crippen molar-refractivity contribution in [2.24, 2.45) is 0 Å². The van der Waals surface area contributed by atoms with Gasteiger partial charge in [0.25, 0.3) is 5.91 Å². The molecule has 0 saturated carbocycles. The highest BCUT2D eigenvalue weighted by Crippen LogP contribution is 2.27. The van der Waals surface area contributed by atoms with Gasteiger partial charge in [-0.2, -0.15) is 0 Å². The van der Waals surface area contributed by atoms with Crippen LogP contribution in [0, 0.1) is 0 Å². The van der Waals surface area contributed by atoms with Crippen LogP contribution in [0.15, 0.2) is 60.7 Å². The molecule has 5 nitrogen and oxygen atoms in total. The molecule has 0 aliphatic heterocycles. The van der Waals surface area contributed by atoms with E-state index >= 15 is 0 Å². The number of fused-ring (bicyclic) bond motifs is 1. The van der Waals surface area contributed by atoms with Crippen LogP contribution >= 0.6 is 23.2 Å². The largest absolute Gasteiger partial charge is 0.483 e. The maximum Gasteiger partial charge on any atom is 0.261 e. The maximum atomic E-state index is 13.1. The summed E-state index contributed by atoms with van der Waals surface area (Å²) >= 11 is 12.6. The molecule has 0 aliphatic rings. The summed E-state index contributed by atoms with van der Waals surface area (Å²) in [5.74, 6) is -0.0449. The third-order valence-electron chi connectivity index (χ3n) is 4.90. The second kappa shape index (κ2) is 9.83. The minimum Gasteiger partial charge on any atom is -0.483 e. The number of carbonyl (C=O) groups is 2. The van der Waals surface area contributed by atoms with E-state index in [1.54, 1.807) is 25.1 Å². The summed E-state index contributed by atoms with van der Waals surface area (Å²) in [5, 5.41) is 5.36. The first kappa shape index (κ1) is 21.9. The van der Waals surface area contributed by atoms with Gasteiger partial charge >= 0.3 is 0 Å². The predicted octanol–water partition coefficient (Wildman–Crippen LogP) is 4.69. The van der Waals surface area contributed by atoms with E-state index in [0.717, 1.165) is 10.8 Å². The molecule has 3 aromatic rings. The second-order valence-electron chi connectivity index (χ2n) is 6.78. The fourth-order valence-corrected chi connectivity index (χ4v) is 3.71. The number of likely N-dealkylation sites (N-methyl/N-ethyl adjacent to an activating group) is 1. The summed E-state index contributed by atoms with van der Waals surface area (Å²) in [5.41, 5.74) is 0.579. The first-order valence-corrected chi connectivity index (χ1v) is 10.2. The summed E-state index contributed by atoms with van der Waals surface area (Å²) in [6.45, 7) is 1.52. The minimum atomic E-state index is -0.731. The smallest absolute Gasteiger partial charge is 0.261 e. The molecule has 0 fully saturated rings. The van der Waals surface area contributed by atoms with Gasteiger partial charge in [-0.15, -0.1) is 0 Å². The summed E-state index contributed by atoms with van der Waals surface area (Å²) in [7, 11) is 1.52. The van der Waals surface area contributed by atoms with Crippen LogP contribution in [-0.2, 0) is 16.1 Å². The number of hydrogen-bond acceptors (Lipinski definition) is 3. The van der Waals surface area contributed by atoms with E-state index < -0.39 is 6.04 Å². The Bertz CT molecular complexity index is 1050. The molecule has 3 aromatic carbocycles. The Labute approximate surface area is 185 Å². The third kappa shape index (κ3) is 4.86. The number of amides is 2. The van der Waals surface area contributed by atoms with Crippen LogP contribution in [0.4, 0.5) is 0 Å². The SMILES string of the molecule is CNC(=O)C(C)N(Cc1c(Cl)cccc1Cl)C(=O)COc1cccc2ccccc12. The number of rotatable bonds is 7. The molecule has 0 bridgehead atoms. The quantitative estimate of drug-likeness (QED) is 0.574. The summed E-state index contributed by atoms with van der Waals surface area (Å²) in [6.07, 6.45) is 0. The first-order valence-electron chi connectivity index (χ1n) is 9.47. The lowest BCUT2D eigenvalue weighted by atomic mass is 10.1. The van der Waals surface area contributed by atoms with E-state index in [2.05, 4.69) is 5.32 Å². The van der Waals surface area contributed by atoms with E-state index in [1.165, 1.54) is 11.9 Å². The molecule has 1 N–H and O–H groups in total. The van der Waals surface area contributed by atoms with Crippen molar-refractivity contribution in [1.82, 2.24) is 10.2 Å². The summed E-state index contributed by atoms with van der Waals surface area (Å²) in [4.78, 5) is 26.7. The fourth-order valence-electron chi connectivity index (χ4n) is 3.19. The lowest BCUT2D eigenvalue weighted by molar-refractivity contribution is -0.141. The molecule has 30 heavy (non-hydrogen) atoms. The summed E-state index contributed by atoms with van der Waals surface area (Å²) in [6, 6.07) is 17.8. The first-order chi connectivity index (χ1) is 14.4. The van der Waals surface area contributed by atoms with Crippen LogP contribution < -0.4 is 10.1 Å². The number of ether oxygens (including phenoxy) is 1. The molecule has 156 valence electrons. The van der Waals surface area contributed by atoms with E-state index in [-0.39, 0.29) is 25.0 Å². The van der Waals surface area contributed by atoms with Crippen molar-refractivity contribution in [2.45, 2.75) is 19.5 Å². The zero-order valence-corrected chi connectivity index (χ0v) is 18.2. The molecule has 0 saturated heterocycles. The van der Waals surface area contributed by atoms with Crippen LogP contribution in [0.1, 0.15) is 12.5 Å². The topological polar surface area (TPSA) is 58.6 Å². The lowest BCUT2D eigenvalue weighted by Gasteiger charge is -2.29. The zero-order valence-electron chi connectivity index (χ0n) is 16.7. The van der Waals surface area contributed by atoms with E-state index in [4.69, 9.17) is 27.9 Å². The Morgan fingerprint density at radius 1 is 1.00 bits per heavy atom. The van der Waals surface area contributed by atoms with Crippen molar-refractivity contribution in [3.05, 3.63) is 76.3 Å². The van der Waals surface area contributed by atoms with Gasteiger partial charge in [-0.3, -0.25) is 9.59 Å². The van der Waals surface area contributed by atoms with Crippen LogP contribution in [-0.4, -0.2) is 36.4 Å². The van der Waals surface area contributed by atoms with Crippen LogP contribution in [0.5, 0.6) is 5.75 Å². The Hall–Kier alpha value is -2.76. The number of nitrogens with zero attached hydrogens (tertiary/aromatic N) is 1. The van der Waals surface area contributed by atoms with Gasteiger partial charge in [-0.05, 0) is 30.5 Å². The molecule has 1 unspecified atom stereocenters. The van der Waals surface area contributed by atoms with Gasteiger partial charge in [0, 0.05) is 34.6 Å². The number of hydrogen-bond donors (Lipinski definition) is 1. The second-order valence-corrected chi connectivity index (χ2v) is 7.59. The van der Waals surface area contributed by atoms with Gasteiger partial charge in [0.05, 0.1) is 0 Å². The molecular formula is C23H22Cl2N2O3. The average Bonchev–Trinajstić information content (AvgIpc) is 2.76. The van der Waals surface area contributed by atoms with Crippen molar-refractivity contribution in [3.63, 3.8) is 0 Å². The molecule has 3 rings (SSSR count). The van der Waals surface area contributed by atoms with Crippen LogP contribution in [0.2, 0.25) is 10.0 Å². The van der Waals surface area contributed by atoms with Gasteiger partial charge in [0.1, 0.15) is 11.8 Å². The van der Waals surface area contributed by atoms with Crippen molar-refractivity contribution in [1.29, 1.82) is 0 Å². The highest BCUT2D eigenvalue weighted by atomic mass is 35.5. The molecule has 1 atom stereocenters. The van der Waals surface area contributed by atoms with E-state index in [1.807, 2.05) is 42.5 Å². The van der Waals surface area contributed by atoms with Crippen molar-refractivity contribution in [3.8, 4) is 5.75 Å². The van der Waals surface area contributed by atoms with Gasteiger partial charge in [0.15, 0.2) is 6.61 Å². The van der Waals surface area contributed by atoms with Gasteiger partial charge in [-0.25, -0.2) is 0 Å². The molecule has 0 heterocycles. The molecular weight excluding hydrogens is 423 g/mol. The Morgan fingerprint density at radius 3 is 2.33 bits per heavy atom. The Morgan fingerprint density at radius 2 is 1.63 bits per heavy atom. The fraction of sp³-hybridized carbons (Fsp3) is 0.217. The lowest BCUT2D eigenvalue weighted by Crippen LogP contribution is -2.48. The van der Waals surface area contributed by atoms with Crippen LogP contribution in [0.3, 0.4) is 0 Å². The number of carbonyl (C=O) groups excluding carboxylic acids is 2. The molecule has 0 aliphatic carbocycles. The van der Waals surface area contributed by atoms with Gasteiger partial charge < -0.3 is 15.0 Å². The molecule has 2 amide bonds. The molecule has 0 aromatic heterocycles. The zero-order chi connectivity index (χ0) is 21.7. The van der Waals surface area contributed by atoms with Crippen molar-refractivity contribution < 1.29 is 14.3 Å².